The Morgan fingerprint density at radius 1 is 1.21 bits per heavy atom. The minimum atomic E-state index is -0.341. The zero-order chi connectivity index (χ0) is 14.0. The van der Waals surface area contributed by atoms with Gasteiger partial charge in [-0.3, -0.25) is 10.1 Å². The standard InChI is InChI=1S/C14H20N2O3/c1-9-7-13(14(16(18)19)8-10(9)2)15-11-3-5-12(17)6-4-11/h7-8,11-12,15,17H,3-6H2,1-2H3. The van der Waals surface area contributed by atoms with E-state index in [9.17, 15) is 15.2 Å². The Bertz CT molecular complexity index is 480. The molecule has 0 unspecified atom stereocenters. The summed E-state index contributed by atoms with van der Waals surface area (Å²) in [5.74, 6) is 0. The Balaban J connectivity index is 2.19. The summed E-state index contributed by atoms with van der Waals surface area (Å²) in [6.45, 7) is 3.83. The predicted octanol–water partition coefficient (Wildman–Crippen LogP) is 2.93. The molecule has 0 saturated heterocycles. The fourth-order valence-electron chi connectivity index (χ4n) is 2.51. The Hall–Kier alpha value is -1.62. The van der Waals surface area contributed by atoms with E-state index in [2.05, 4.69) is 5.32 Å². The van der Waals surface area contributed by atoms with Gasteiger partial charge < -0.3 is 10.4 Å². The van der Waals surface area contributed by atoms with E-state index >= 15 is 0 Å². The van der Waals surface area contributed by atoms with Gasteiger partial charge in [0.2, 0.25) is 0 Å². The van der Waals surface area contributed by atoms with Crippen molar-refractivity contribution in [2.45, 2.75) is 51.7 Å². The van der Waals surface area contributed by atoms with Crippen LogP contribution in [0.25, 0.3) is 0 Å². The van der Waals surface area contributed by atoms with Crippen molar-refractivity contribution in [2.75, 3.05) is 5.32 Å². The molecule has 0 heterocycles. The quantitative estimate of drug-likeness (QED) is 0.650. The van der Waals surface area contributed by atoms with Crippen molar-refractivity contribution < 1.29 is 10.0 Å². The van der Waals surface area contributed by atoms with Gasteiger partial charge in [-0.2, -0.15) is 0 Å². The molecule has 1 fully saturated rings. The van der Waals surface area contributed by atoms with E-state index in [0.717, 1.165) is 36.8 Å². The van der Waals surface area contributed by atoms with Crippen LogP contribution in [0.5, 0.6) is 0 Å². The van der Waals surface area contributed by atoms with Crippen LogP contribution < -0.4 is 5.32 Å². The lowest BCUT2D eigenvalue weighted by Crippen LogP contribution is -2.28. The van der Waals surface area contributed by atoms with Crippen molar-refractivity contribution in [1.82, 2.24) is 0 Å². The molecular weight excluding hydrogens is 244 g/mol. The molecule has 0 aliphatic heterocycles. The number of aliphatic hydroxyl groups is 1. The highest BCUT2D eigenvalue weighted by Gasteiger charge is 2.22. The molecule has 0 atom stereocenters. The molecule has 2 N–H and O–H groups in total. The van der Waals surface area contributed by atoms with Gasteiger partial charge in [0.15, 0.2) is 0 Å². The first-order valence-electron chi connectivity index (χ1n) is 6.67. The number of nitrogens with one attached hydrogen (secondary N) is 1. The van der Waals surface area contributed by atoms with Crippen molar-refractivity contribution in [2.24, 2.45) is 0 Å². The van der Waals surface area contributed by atoms with Crippen LogP contribution in [0, 0.1) is 24.0 Å². The number of nitro groups is 1. The molecule has 5 heteroatoms. The number of anilines is 1. The summed E-state index contributed by atoms with van der Waals surface area (Å²) in [5, 5.41) is 23.9. The summed E-state index contributed by atoms with van der Waals surface area (Å²) in [6.07, 6.45) is 3.01. The molecule has 1 aromatic rings. The van der Waals surface area contributed by atoms with E-state index in [1.807, 2.05) is 19.9 Å². The number of nitro benzene ring substituents is 1. The van der Waals surface area contributed by atoms with Gasteiger partial charge in [-0.1, -0.05) is 0 Å². The van der Waals surface area contributed by atoms with Crippen molar-refractivity contribution >= 4 is 11.4 Å². The van der Waals surface area contributed by atoms with Crippen molar-refractivity contribution in [3.8, 4) is 0 Å². The van der Waals surface area contributed by atoms with Gasteiger partial charge in [-0.15, -0.1) is 0 Å². The van der Waals surface area contributed by atoms with Gasteiger partial charge in [0.1, 0.15) is 5.69 Å². The van der Waals surface area contributed by atoms with Crippen LogP contribution >= 0.6 is 0 Å². The molecule has 5 nitrogen and oxygen atoms in total. The van der Waals surface area contributed by atoms with Gasteiger partial charge in [-0.25, -0.2) is 0 Å². The third-order valence-electron chi connectivity index (χ3n) is 3.87. The van der Waals surface area contributed by atoms with Crippen molar-refractivity contribution in [1.29, 1.82) is 0 Å². The first kappa shape index (κ1) is 13.8. The second-order valence-electron chi connectivity index (χ2n) is 5.36. The van der Waals surface area contributed by atoms with Gasteiger partial charge in [0.25, 0.3) is 5.69 Å². The molecule has 2 rings (SSSR count). The molecule has 1 aromatic carbocycles. The van der Waals surface area contributed by atoms with E-state index in [-0.39, 0.29) is 22.8 Å². The Morgan fingerprint density at radius 2 is 1.79 bits per heavy atom. The Labute approximate surface area is 112 Å². The SMILES string of the molecule is Cc1cc(NC2CCC(O)CC2)c([N+](=O)[O-])cc1C. The molecule has 0 spiro atoms. The topological polar surface area (TPSA) is 75.4 Å². The number of aliphatic hydroxyl groups excluding tert-OH is 1. The van der Waals surface area contributed by atoms with Crippen LogP contribution in [0.1, 0.15) is 36.8 Å². The smallest absolute Gasteiger partial charge is 0.292 e. The molecule has 0 bridgehead atoms. The number of aryl methyl sites for hydroxylation is 2. The molecule has 104 valence electrons. The van der Waals surface area contributed by atoms with Crippen LogP contribution in [-0.4, -0.2) is 22.2 Å². The van der Waals surface area contributed by atoms with Gasteiger partial charge >= 0.3 is 0 Å². The van der Waals surface area contributed by atoms with E-state index in [1.165, 1.54) is 0 Å². The molecule has 1 saturated carbocycles. The van der Waals surface area contributed by atoms with Gasteiger partial charge in [0, 0.05) is 12.1 Å². The molecule has 1 aliphatic carbocycles. The maximum atomic E-state index is 11.1. The van der Waals surface area contributed by atoms with Crippen LogP contribution in [0.4, 0.5) is 11.4 Å². The lowest BCUT2D eigenvalue weighted by atomic mass is 9.93. The molecule has 19 heavy (non-hydrogen) atoms. The van der Waals surface area contributed by atoms with Crippen molar-refractivity contribution in [3.05, 3.63) is 33.4 Å². The summed E-state index contributed by atoms with van der Waals surface area (Å²) in [7, 11) is 0. The van der Waals surface area contributed by atoms with Gasteiger partial charge in [0.05, 0.1) is 11.0 Å². The molecular formula is C14H20N2O3. The normalized spacial score (nSPS) is 23.1. The average Bonchev–Trinajstić information content (AvgIpc) is 2.36. The van der Waals surface area contributed by atoms with Gasteiger partial charge in [-0.05, 0) is 56.7 Å². The fraction of sp³-hybridized carbons (Fsp3) is 0.571. The van der Waals surface area contributed by atoms with E-state index in [1.54, 1.807) is 6.07 Å². The lowest BCUT2D eigenvalue weighted by Gasteiger charge is -2.27. The number of hydrogen-bond donors (Lipinski definition) is 2. The highest BCUT2D eigenvalue weighted by Crippen LogP contribution is 2.31. The highest BCUT2D eigenvalue weighted by atomic mass is 16.6. The molecule has 0 amide bonds. The monoisotopic (exact) mass is 264 g/mol. The number of rotatable bonds is 3. The second kappa shape index (κ2) is 5.57. The average molecular weight is 264 g/mol. The fourth-order valence-corrected chi connectivity index (χ4v) is 2.51. The first-order valence-corrected chi connectivity index (χ1v) is 6.67. The largest absolute Gasteiger partial charge is 0.393 e. The lowest BCUT2D eigenvalue weighted by molar-refractivity contribution is -0.384. The predicted molar refractivity (Wildman–Crippen MR) is 74.5 cm³/mol. The van der Waals surface area contributed by atoms with Crippen LogP contribution in [0.3, 0.4) is 0 Å². The van der Waals surface area contributed by atoms with Crippen LogP contribution in [0.15, 0.2) is 12.1 Å². The minimum absolute atomic E-state index is 0.134. The molecule has 0 radical (unpaired) electrons. The minimum Gasteiger partial charge on any atom is -0.393 e. The van der Waals surface area contributed by atoms with E-state index < -0.39 is 0 Å². The summed E-state index contributed by atoms with van der Waals surface area (Å²) < 4.78 is 0. The zero-order valence-corrected chi connectivity index (χ0v) is 11.3. The maximum Gasteiger partial charge on any atom is 0.292 e. The number of nitrogens with zero attached hydrogens (tertiary/aromatic N) is 1. The van der Waals surface area contributed by atoms with Crippen molar-refractivity contribution in [3.63, 3.8) is 0 Å². The summed E-state index contributed by atoms with van der Waals surface area (Å²) in [5.41, 5.74) is 2.70. The summed E-state index contributed by atoms with van der Waals surface area (Å²) >= 11 is 0. The summed E-state index contributed by atoms with van der Waals surface area (Å²) in [6, 6.07) is 3.68. The zero-order valence-electron chi connectivity index (χ0n) is 11.3. The first-order chi connectivity index (χ1) is 8.97. The molecule has 1 aliphatic rings. The van der Waals surface area contributed by atoms with E-state index in [4.69, 9.17) is 0 Å². The highest BCUT2D eigenvalue weighted by molar-refractivity contribution is 5.64. The maximum absolute atomic E-state index is 11.1. The summed E-state index contributed by atoms with van der Waals surface area (Å²) in [4.78, 5) is 10.8. The third-order valence-corrected chi connectivity index (χ3v) is 3.87. The molecule has 0 aromatic heterocycles. The van der Waals surface area contributed by atoms with Crippen LogP contribution in [-0.2, 0) is 0 Å². The second-order valence-corrected chi connectivity index (χ2v) is 5.36. The Morgan fingerprint density at radius 3 is 2.37 bits per heavy atom. The van der Waals surface area contributed by atoms with Crippen LogP contribution in [0.2, 0.25) is 0 Å². The third kappa shape index (κ3) is 3.23. The Kier molecular flexibility index (Phi) is 4.04. The number of hydrogen-bond acceptors (Lipinski definition) is 4. The van der Waals surface area contributed by atoms with E-state index in [0.29, 0.717) is 5.69 Å². The number of benzene rings is 1.